The molecule has 1 aliphatic heterocycles. The minimum absolute atomic E-state index is 0.268. The van der Waals surface area contributed by atoms with Crippen LogP contribution in [0.5, 0.6) is 0 Å². The molecule has 1 rings (SSSR count). The molecule has 2 atom stereocenters. The second-order valence-corrected chi connectivity index (χ2v) is 9.90. The Hall–Kier alpha value is 0.137. The van der Waals surface area contributed by atoms with Gasteiger partial charge in [0.2, 0.25) is 0 Å². The molecule has 4 N–H and O–H groups in total. The Morgan fingerprint density at radius 1 is 1.00 bits per heavy atom. The van der Waals surface area contributed by atoms with Crippen molar-refractivity contribution in [1.29, 1.82) is 0 Å². The van der Waals surface area contributed by atoms with Gasteiger partial charge in [-0.1, -0.05) is 25.2 Å². The van der Waals surface area contributed by atoms with Crippen molar-refractivity contribution in [3.63, 3.8) is 0 Å². The van der Waals surface area contributed by atoms with E-state index in [1.807, 2.05) is 0 Å². The second-order valence-electron chi connectivity index (χ2n) is 4.57. The Kier molecular flexibility index (Phi) is 2.73. The molecule has 11 heavy (non-hydrogen) atoms. The predicted octanol–water partition coefficient (Wildman–Crippen LogP) is 1.14. The summed E-state index contributed by atoms with van der Waals surface area (Å²) in [5.41, 5.74) is 11.8. The van der Waals surface area contributed by atoms with Crippen molar-refractivity contribution >= 4 is 8.07 Å². The first kappa shape index (κ1) is 9.23. The Morgan fingerprint density at radius 2 is 1.36 bits per heavy atom. The minimum atomic E-state index is -0.884. The maximum Gasteiger partial charge on any atom is 0.0474 e. The molecule has 0 radical (unpaired) electrons. The Bertz CT molecular complexity index is 122. The summed E-state index contributed by atoms with van der Waals surface area (Å²) in [5, 5.41) is 0. The molecule has 0 bridgehead atoms. The van der Waals surface area contributed by atoms with E-state index in [1.165, 1.54) is 12.1 Å². The van der Waals surface area contributed by atoms with Gasteiger partial charge in [0.05, 0.1) is 0 Å². The van der Waals surface area contributed by atoms with Crippen LogP contribution in [0.25, 0.3) is 0 Å². The molecule has 0 saturated carbocycles. The molecule has 1 aliphatic rings. The van der Waals surface area contributed by atoms with Crippen LogP contribution < -0.4 is 11.5 Å². The minimum Gasteiger partial charge on any atom is -0.326 e. The van der Waals surface area contributed by atoms with E-state index in [4.69, 9.17) is 11.5 Å². The standard InChI is InChI=1S/C8H20N2Si/c1-11(2)5-3-7(9)8(10)4-6-11/h7-8H,3-6,9-10H2,1-2H3/t7-,8+. The summed E-state index contributed by atoms with van der Waals surface area (Å²) in [6.07, 6.45) is 2.31. The zero-order valence-electron chi connectivity index (χ0n) is 7.64. The third-order valence-electron chi connectivity index (χ3n) is 2.86. The zero-order valence-corrected chi connectivity index (χ0v) is 8.64. The van der Waals surface area contributed by atoms with Gasteiger partial charge in [-0.05, 0) is 12.8 Å². The van der Waals surface area contributed by atoms with Crippen molar-refractivity contribution < 1.29 is 0 Å². The summed E-state index contributed by atoms with van der Waals surface area (Å²) in [6.45, 7) is 4.88. The molecule has 1 fully saturated rings. The van der Waals surface area contributed by atoms with Crippen molar-refractivity contribution in [3.05, 3.63) is 0 Å². The molecule has 0 amide bonds. The number of hydrogen-bond donors (Lipinski definition) is 2. The van der Waals surface area contributed by atoms with Crippen molar-refractivity contribution in [2.24, 2.45) is 11.5 Å². The van der Waals surface area contributed by atoms with Crippen LogP contribution in [0.2, 0.25) is 25.2 Å². The van der Waals surface area contributed by atoms with E-state index in [2.05, 4.69) is 13.1 Å². The van der Waals surface area contributed by atoms with Crippen LogP contribution in [0.4, 0.5) is 0 Å². The van der Waals surface area contributed by atoms with Gasteiger partial charge >= 0.3 is 0 Å². The lowest BCUT2D eigenvalue weighted by Crippen LogP contribution is -2.39. The van der Waals surface area contributed by atoms with Gasteiger partial charge in [0.25, 0.3) is 0 Å². The van der Waals surface area contributed by atoms with Gasteiger partial charge in [0, 0.05) is 20.2 Å². The van der Waals surface area contributed by atoms with E-state index in [9.17, 15) is 0 Å². The second kappa shape index (κ2) is 3.25. The van der Waals surface area contributed by atoms with E-state index in [0.29, 0.717) is 0 Å². The lowest BCUT2D eigenvalue weighted by molar-refractivity contribution is 0.510. The van der Waals surface area contributed by atoms with Crippen LogP contribution in [-0.2, 0) is 0 Å². The maximum absolute atomic E-state index is 5.90. The Balaban J connectivity index is 2.51. The summed E-state index contributed by atoms with van der Waals surface area (Å²) in [5.74, 6) is 0. The molecule has 0 aromatic rings. The van der Waals surface area contributed by atoms with Crippen LogP contribution in [0.1, 0.15) is 12.8 Å². The molecule has 0 aliphatic carbocycles. The molecule has 0 spiro atoms. The third-order valence-corrected chi connectivity index (χ3v) is 6.14. The molecular formula is C8H20N2Si. The highest BCUT2D eigenvalue weighted by atomic mass is 28.3. The molecule has 1 saturated heterocycles. The number of rotatable bonds is 0. The van der Waals surface area contributed by atoms with Crippen molar-refractivity contribution in [2.75, 3.05) is 0 Å². The van der Waals surface area contributed by atoms with Crippen LogP contribution in [0.3, 0.4) is 0 Å². The van der Waals surface area contributed by atoms with Gasteiger partial charge in [-0.15, -0.1) is 0 Å². The largest absolute Gasteiger partial charge is 0.326 e. The molecule has 0 aromatic heterocycles. The summed E-state index contributed by atoms with van der Waals surface area (Å²) in [6, 6.07) is 3.26. The number of nitrogens with two attached hydrogens (primary N) is 2. The normalized spacial score (nSPS) is 38.2. The first-order chi connectivity index (χ1) is 5.01. The summed E-state index contributed by atoms with van der Waals surface area (Å²) >= 11 is 0. The summed E-state index contributed by atoms with van der Waals surface area (Å²) < 4.78 is 0. The van der Waals surface area contributed by atoms with E-state index >= 15 is 0 Å². The predicted molar refractivity (Wildman–Crippen MR) is 52.3 cm³/mol. The fraction of sp³-hybridized carbons (Fsp3) is 1.00. The molecule has 3 heteroatoms. The van der Waals surface area contributed by atoms with Crippen molar-refractivity contribution in [3.8, 4) is 0 Å². The average Bonchev–Trinajstić information content (AvgIpc) is 2.03. The van der Waals surface area contributed by atoms with Crippen molar-refractivity contribution in [1.82, 2.24) is 0 Å². The lowest BCUT2D eigenvalue weighted by Gasteiger charge is -2.18. The third kappa shape index (κ3) is 2.58. The van der Waals surface area contributed by atoms with Gasteiger partial charge in [0.15, 0.2) is 0 Å². The molecule has 0 unspecified atom stereocenters. The molecule has 66 valence electrons. The van der Waals surface area contributed by atoms with E-state index in [1.54, 1.807) is 0 Å². The molecular weight excluding hydrogens is 152 g/mol. The highest BCUT2D eigenvalue weighted by molar-refractivity contribution is 6.77. The van der Waals surface area contributed by atoms with Gasteiger partial charge in [-0.2, -0.15) is 0 Å². The van der Waals surface area contributed by atoms with Crippen LogP contribution in [0.15, 0.2) is 0 Å². The fourth-order valence-electron chi connectivity index (χ4n) is 1.67. The van der Waals surface area contributed by atoms with Gasteiger partial charge in [-0.25, -0.2) is 0 Å². The zero-order chi connectivity index (χ0) is 8.48. The van der Waals surface area contributed by atoms with Gasteiger partial charge < -0.3 is 11.5 Å². The molecule has 1 heterocycles. The SMILES string of the molecule is C[Si]1(C)CC[C@@H](N)[C@@H](N)CC1. The van der Waals surface area contributed by atoms with Crippen molar-refractivity contribution in [2.45, 2.75) is 50.1 Å². The van der Waals surface area contributed by atoms with Gasteiger partial charge in [0.1, 0.15) is 0 Å². The fourth-order valence-corrected chi connectivity index (χ4v) is 4.15. The first-order valence-corrected chi connectivity index (χ1v) is 7.94. The van der Waals surface area contributed by atoms with Gasteiger partial charge in [-0.3, -0.25) is 0 Å². The topological polar surface area (TPSA) is 52.0 Å². The highest BCUT2D eigenvalue weighted by Crippen LogP contribution is 2.25. The van der Waals surface area contributed by atoms with Crippen LogP contribution in [-0.4, -0.2) is 20.2 Å². The lowest BCUT2D eigenvalue weighted by atomic mass is 10.1. The molecule has 0 aromatic carbocycles. The summed E-state index contributed by atoms with van der Waals surface area (Å²) in [4.78, 5) is 0. The Labute approximate surface area is 70.3 Å². The monoisotopic (exact) mass is 172 g/mol. The highest BCUT2D eigenvalue weighted by Gasteiger charge is 2.28. The summed E-state index contributed by atoms with van der Waals surface area (Å²) in [7, 11) is -0.884. The smallest absolute Gasteiger partial charge is 0.0474 e. The van der Waals surface area contributed by atoms with E-state index in [-0.39, 0.29) is 12.1 Å². The van der Waals surface area contributed by atoms with Crippen LogP contribution >= 0.6 is 0 Å². The molecule has 2 nitrogen and oxygen atoms in total. The van der Waals surface area contributed by atoms with E-state index in [0.717, 1.165) is 12.8 Å². The Morgan fingerprint density at radius 3 is 1.73 bits per heavy atom. The number of hydrogen-bond acceptors (Lipinski definition) is 2. The van der Waals surface area contributed by atoms with Crippen LogP contribution in [0, 0.1) is 0 Å². The average molecular weight is 172 g/mol. The quantitative estimate of drug-likeness (QED) is 0.538. The first-order valence-electron chi connectivity index (χ1n) is 4.52. The van der Waals surface area contributed by atoms with E-state index < -0.39 is 8.07 Å². The maximum atomic E-state index is 5.90.